The lowest BCUT2D eigenvalue weighted by atomic mass is 9.99. The van der Waals surface area contributed by atoms with Crippen molar-refractivity contribution in [2.24, 2.45) is 5.73 Å². The Balaban J connectivity index is 1.97. The van der Waals surface area contributed by atoms with E-state index in [1.807, 2.05) is 19.1 Å². The van der Waals surface area contributed by atoms with Gasteiger partial charge in [-0.25, -0.2) is 0 Å². The molecule has 2 N–H and O–H groups in total. The molecular formula is C24H28N2O4. The number of benzene rings is 2. The van der Waals surface area contributed by atoms with Crippen LogP contribution in [-0.2, 0) is 4.79 Å². The second-order valence-corrected chi connectivity index (χ2v) is 6.75. The molecule has 2 rings (SSSR count). The van der Waals surface area contributed by atoms with Crippen LogP contribution in [0.2, 0.25) is 0 Å². The molecule has 0 fully saturated rings. The molecule has 6 nitrogen and oxygen atoms in total. The molecule has 0 aromatic heterocycles. The first kappa shape index (κ1) is 22.8. The van der Waals surface area contributed by atoms with Crippen molar-refractivity contribution >= 4 is 12.0 Å². The minimum atomic E-state index is -0.773. The lowest BCUT2D eigenvalue weighted by molar-refractivity contribution is -0.114. The number of hydrogen-bond acceptors (Lipinski definition) is 5. The second-order valence-electron chi connectivity index (χ2n) is 6.75. The van der Waals surface area contributed by atoms with Gasteiger partial charge in [0.15, 0.2) is 11.5 Å². The maximum absolute atomic E-state index is 11.2. The van der Waals surface area contributed by atoms with Gasteiger partial charge in [0.2, 0.25) is 0 Å². The fraction of sp³-hybridized carbons (Fsp3) is 0.333. The largest absolute Gasteiger partial charge is 0.490 e. The van der Waals surface area contributed by atoms with Crippen LogP contribution in [0, 0.1) is 11.3 Å². The number of rotatable bonds is 11. The first-order valence-corrected chi connectivity index (χ1v) is 10.0. The van der Waals surface area contributed by atoms with E-state index in [9.17, 15) is 4.79 Å². The van der Waals surface area contributed by atoms with Gasteiger partial charge in [0.05, 0.1) is 6.61 Å². The summed E-state index contributed by atoms with van der Waals surface area (Å²) in [4.78, 5) is 11.2. The third kappa shape index (κ3) is 6.56. The van der Waals surface area contributed by atoms with E-state index in [1.165, 1.54) is 11.6 Å². The minimum absolute atomic E-state index is 0.126. The molecule has 1 atom stereocenters. The third-order valence-corrected chi connectivity index (χ3v) is 4.64. The molecule has 2 aromatic carbocycles. The van der Waals surface area contributed by atoms with Gasteiger partial charge >= 0.3 is 0 Å². The summed E-state index contributed by atoms with van der Waals surface area (Å²) in [5, 5.41) is 8.99. The molecule has 2 aromatic rings. The predicted molar refractivity (Wildman–Crippen MR) is 117 cm³/mol. The Labute approximate surface area is 177 Å². The number of carbonyl (C=O) groups excluding carboxylic acids is 1. The van der Waals surface area contributed by atoms with Crippen LogP contribution in [-0.4, -0.2) is 25.7 Å². The van der Waals surface area contributed by atoms with Crippen molar-refractivity contribution in [1.82, 2.24) is 0 Å². The first-order chi connectivity index (χ1) is 14.5. The topological polar surface area (TPSA) is 94.6 Å². The van der Waals surface area contributed by atoms with Crippen molar-refractivity contribution in [2.45, 2.75) is 33.1 Å². The zero-order valence-corrected chi connectivity index (χ0v) is 17.7. The molecule has 0 heterocycles. The van der Waals surface area contributed by atoms with E-state index in [2.05, 4.69) is 26.0 Å². The summed E-state index contributed by atoms with van der Waals surface area (Å²) in [5.74, 6) is 1.63. The average molecular weight is 408 g/mol. The number of hydrogen-bond donors (Lipinski definition) is 1. The normalized spacial score (nSPS) is 12.0. The lowest BCUT2D eigenvalue weighted by Gasteiger charge is -2.14. The standard InChI is InChI=1S/C24H28N2O4/c1-4-17(3)19-7-9-21(10-8-19)29-12-13-30-22-11-6-18(15-23(22)28-5-2)14-20(16-25)24(26)27/h6-11,14-15,17H,4-5,12-13H2,1-3H3,(H2,26,27)/b20-14-/t17-/m0/s1. The van der Waals surface area contributed by atoms with Gasteiger partial charge in [0, 0.05) is 0 Å². The lowest BCUT2D eigenvalue weighted by Crippen LogP contribution is -2.12. The molecule has 6 heteroatoms. The molecule has 0 saturated heterocycles. The Bertz CT molecular complexity index is 914. The van der Waals surface area contributed by atoms with Crippen LogP contribution in [0.3, 0.4) is 0 Å². The SMILES string of the molecule is CCOc1cc(/C=C(/C#N)C(N)=O)ccc1OCCOc1ccc([C@@H](C)CC)cc1. The van der Waals surface area contributed by atoms with Crippen LogP contribution < -0.4 is 19.9 Å². The van der Waals surface area contributed by atoms with Gasteiger partial charge < -0.3 is 19.9 Å². The van der Waals surface area contributed by atoms with Crippen LogP contribution in [0.4, 0.5) is 0 Å². The summed E-state index contributed by atoms with van der Waals surface area (Å²) < 4.78 is 17.2. The fourth-order valence-electron chi connectivity index (χ4n) is 2.77. The van der Waals surface area contributed by atoms with Crippen molar-refractivity contribution < 1.29 is 19.0 Å². The van der Waals surface area contributed by atoms with E-state index in [-0.39, 0.29) is 5.57 Å². The number of ether oxygens (including phenoxy) is 3. The molecule has 0 bridgehead atoms. The number of nitrogens with zero attached hydrogens (tertiary/aromatic N) is 1. The van der Waals surface area contributed by atoms with Gasteiger partial charge in [-0.15, -0.1) is 0 Å². The molecule has 30 heavy (non-hydrogen) atoms. The smallest absolute Gasteiger partial charge is 0.259 e. The average Bonchev–Trinajstić information content (AvgIpc) is 2.76. The molecule has 0 aliphatic heterocycles. The third-order valence-electron chi connectivity index (χ3n) is 4.64. The van der Waals surface area contributed by atoms with Crippen molar-refractivity contribution in [1.29, 1.82) is 5.26 Å². The summed E-state index contributed by atoms with van der Waals surface area (Å²) in [6.45, 7) is 7.41. The zero-order valence-electron chi connectivity index (χ0n) is 17.7. The number of nitrogens with two attached hydrogens (primary N) is 1. The number of amides is 1. The number of carbonyl (C=O) groups is 1. The highest BCUT2D eigenvalue weighted by atomic mass is 16.5. The number of primary amides is 1. The van der Waals surface area contributed by atoms with E-state index in [4.69, 9.17) is 25.2 Å². The maximum Gasteiger partial charge on any atom is 0.259 e. The zero-order chi connectivity index (χ0) is 21.9. The highest BCUT2D eigenvalue weighted by Gasteiger charge is 2.09. The molecule has 1 amide bonds. The molecule has 0 unspecified atom stereocenters. The molecule has 0 aliphatic rings. The van der Waals surface area contributed by atoms with Gasteiger partial charge in [-0.05, 0) is 60.7 Å². The van der Waals surface area contributed by atoms with Gasteiger partial charge in [0.25, 0.3) is 5.91 Å². The van der Waals surface area contributed by atoms with Crippen molar-refractivity contribution in [3.8, 4) is 23.3 Å². The molecule has 0 saturated carbocycles. The fourth-order valence-corrected chi connectivity index (χ4v) is 2.77. The van der Waals surface area contributed by atoms with Gasteiger partial charge in [0.1, 0.15) is 30.6 Å². The van der Waals surface area contributed by atoms with Gasteiger partial charge in [-0.2, -0.15) is 5.26 Å². The van der Waals surface area contributed by atoms with Crippen molar-refractivity contribution in [3.63, 3.8) is 0 Å². The first-order valence-electron chi connectivity index (χ1n) is 10.0. The Hall–Kier alpha value is -3.46. The summed E-state index contributed by atoms with van der Waals surface area (Å²) in [6, 6.07) is 15.1. The molecule has 0 aliphatic carbocycles. The monoisotopic (exact) mass is 408 g/mol. The van der Waals surface area contributed by atoms with E-state index in [1.54, 1.807) is 24.3 Å². The predicted octanol–water partition coefficient (Wildman–Crippen LogP) is 4.45. The van der Waals surface area contributed by atoms with E-state index in [0.717, 1.165) is 12.2 Å². The Morgan fingerprint density at radius 2 is 1.77 bits per heavy atom. The maximum atomic E-state index is 11.2. The van der Waals surface area contributed by atoms with Crippen molar-refractivity contribution in [3.05, 3.63) is 59.2 Å². The molecule has 0 spiro atoms. The van der Waals surface area contributed by atoms with Crippen LogP contribution in [0.1, 0.15) is 44.2 Å². The minimum Gasteiger partial charge on any atom is -0.490 e. The second kappa shape index (κ2) is 11.5. The summed E-state index contributed by atoms with van der Waals surface area (Å²) in [7, 11) is 0. The summed E-state index contributed by atoms with van der Waals surface area (Å²) >= 11 is 0. The Kier molecular flexibility index (Phi) is 8.76. The molecular weight excluding hydrogens is 380 g/mol. The Morgan fingerprint density at radius 3 is 2.37 bits per heavy atom. The molecule has 0 radical (unpaired) electrons. The van der Waals surface area contributed by atoms with Gasteiger partial charge in [-0.3, -0.25) is 4.79 Å². The highest BCUT2D eigenvalue weighted by Crippen LogP contribution is 2.29. The quantitative estimate of drug-likeness (QED) is 0.337. The summed E-state index contributed by atoms with van der Waals surface area (Å²) in [6.07, 6.45) is 2.52. The molecule has 158 valence electrons. The van der Waals surface area contributed by atoms with E-state index < -0.39 is 5.91 Å². The van der Waals surface area contributed by atoms with Crippen LogP contribution in [0.5, 0.6) is 17.2 Å². The van der Waals surface area contributed by atoms with Crippen LogP contribution in [0.15, 0.2) is 48.0 Å². The van der Waals surface area contributed by atoms with Crippen molar-refractivity contribution in [2.75, 3.05) is 19.8 Å². The summed E-state index contributed by atoms with van der Waals surface area (Å²) in [5.41, 5.74) is 6.98. The van der Waals surface area contributed by atoms with E-state index in [0.29, 0.717) is 42.8 Å². The van der Waals surface area contributed by atoms with Crippen LogP contribution >= 0.6 is 0 Å². The van der Waals surface area contributed by atoms with Crippen LogP contribution in [0.25, 0.3) is 6.08 Å². The Morgan fingerprint density at radius 1 is 1.07 bits per heavy atom. The van der Waals surface area contributed by atoms with E-state index >= 15 is 0 Å². The number of nitriles is 1. The van der Waals surface area contributed by atoms with Gasteiger partial charge in [-0.1, -0.05) is 32.0 Å². The highest BCUT2D eigenvalue weighted by molar-refractivity contribution is 6.00.